The van der Waals surface area contributed by atoms with Crippen LogP contribution in [0.15, 0.2) is 47.5 Å². The van der Waals surface area contributed by atoms with Crippen LogP contribution in [-0.2, 0) is 0 Å². The van der Waals surface area contributed by atoms with Crippen molar-refractivity contribution in [3.8, 4) is 0 Å². The third-order valence-corrected chi connectivity index (χ3v) is 4.07. The number of rotatable bonds is 3. The van der Waals surface area contributed by atoms with Gasteiger partial charge in [0.2, 0.25) is 0 Å². The highest BCUT2D eigenvalue weighted by Gasteiger charge is 2.13. The van der Waals surface area contributed by atoms with Gasteiger partial charge in [0.15, 0.2) is 0 Å². The number of hydrogen-bond acceptors (Lipinski definition) is 2. The van der Waals surface area contributed by atoms with Gasteiger partial charge in [-0.15, -0.1) is 0 Å². The fraction of sp³-hybridized carbons (Fsp3) is 0.278. The van der Waals surface area contributed by atoms with Gasteiger partial charge in [-0.1, -0.05) is 23.7 Å². The standard InChI is InChI=1S/C18H19ClN2/c1-14-11-15(7-8-18(14)21-9-2-3-10-21)13-20-17-6-4-5-16(19)12-17/h4-8,11-13H,2-3,9-10H2,1H3. The molecule has 108 valence electrons. The first kappa shape index (κ1) is 14.2. The Bertz CT molecular complexity index is 658. The van der Waals surface area contributed by atoms with Gasteiger partial charge in [-0.3, -0.25) is 4.99 Å². The van der Waals surface area contributed by atoms with Gasteiger partial charge in [-0.05, 0) is 61.2 Å². The zero-order valence-electron chi connectivity index (χ0n) is 12.2. The molecule has 0 aromatic heterocycles. The summed E-state index contributed by atoms with van der Waals surface area (Å²) >= 11 is 5.97. The molecule has 1 fully saturated rings. The van der Waals surface area contributed by atoms with Gasteiger partial charge < -0.3 is 4.90 Å². The van der Waals surface area contributed by atoms with Gasteiger partial charge in [0.1, 0.15) is 0 Å². The van der Waals surface area contributed by atoms with Crippen LogP contribution >= 0.6 is 11.6 Å². The number of benzene rings is 2. The van der Waals surface area contributed by atoms with E-state index in [1.165, 1.54) is 37.2 Å². The lowest BCUT2D eigenvalue weighted by molar-refractivity contribution is 0.949. The molecule has 0 unspecified atom stereocenters. The van der Waals surface area contributed by atoms with E-state index in [0.29, 0.717) is 5.02 Å². The Morgan fingerprint density at radius 2 is 1.90 bits per heavy atom. The topological polar surface area (TPSA) is 15.6 Å². The van der Waals surface area contributed by atoms with Crippen molar-refractivity contribution in [3.05, 3.63) is 58.6 Å². The number of hydrogen-bond donors (Lipinski definition) is 0. The lowest BCUT2D eigenvalue weighted by Crippen LogP contribution is -2.18. The number of anilines is 1. The molecule has 0 aliphatic carbocycles. The maximum absolute atomic E-state index is 5.97. The summed E-state index contributed by atoms with van der Waals surface area (Å²) in [4.78, 5) is 6.95. The van der Waals surface area contributed by atoms with E-state index in [1.54, 1.807) is 0 Å². The summed E-state index contributed by atoms with van der Waals surface area (Å²) in [6.07, 6.45) is 4.50. The molecule has 21 heavy (non-hydrogen) atoms. The Morgan fingerprint density at radius 1 is 1.10 bits per heavy atom. The summed E-state index contributed by atoms with van der Waals surface area (Å²) in [5, 5.41) is 0.713. The minimum Gasteiger partial charge on any atom is -0.371 e. The van der Waals surface area contributed by atoms with Crippen molar-refractivity contribution in [2.75, 3.05) is 18.0 Å². The fourth-order valence-electron chi connectivity index (χ4n) is 2.78. The molecular weight excluding hydrogens is 280 g/mol. The second-order valence-electron chi connectivity index (χ2n) is 5.48. The van der Waals surface area contributed by atoms with Gasteiger partial charge in [-0.2, -0.15) is 0 Å². The summed E-state index contributed by atoms with van der Waals surface area (Å²) in [5.74, 6) is 0. The van der Waals surface area contributed by atoms with Crippen LogP contribution in [0.3, 0.4) is 0 Å². The van der Waals surface area contributed by atoms with Crippen molar-refractivity contribution < 1.29 is 0 Å². The maximum Gasteiger partial charge on any atom is 0.0644 e. The number of aliphatic imine (C=N–C) groups is 1. The average molecular weight is 299 g/mol. The van der Waals surface area contributed by atoms with E-state index in [0.717, 1.165) is 11.3 Å². The summed E-state index contributed by atoms with van der Waals surface area (Å²) in [6.45, 7) is 4.53. The predicted molar refractivity (Wildman–Crippen MR) is 91.3 cm³/mol. The lowest BCUT2D eigenvalue weighted by atomic mass is 10.1. The Morgan fingerprint density at radius 3 is 2.62 bits per heavy atom. The molecule has 2 aromatic rings. The number of aryl methyl sites for hydroxylation is 1. The molecule has 0 atom stereocenters. The summed E-state index contributed by atoms with van der Waals surface area (Å²) in [5.41, 5.74) is 4.67. The van der Waals surface area contributed by atoms with E-state index in [4.69, 9.17) is 11.6 Å². The van der Waals surface area contributed by atoms with Crippen LogP contribution in [0.1, 0.15) is 24.0 Å². The van der Waals surface area contributed by atoms with Crippen LogP contribution in [-0.4, -0.2) is 19.3 Å². The molecule has 2 aromatic carbocycles. The average Bonchev–Trinajstić information content (AvgIpc) is 2.99. The Hall–Kier alpha value is -1.80. The Balaban J connectivity index is 1.78. The molecule has 1 saturated heterocycles. The smallest absolute Gasteiger partial charge is 0.0644 e. The SMILES string of the molecule is Cc1cc(C=Nc2cccc(Cl)c2)ccc1N1CCCC1. The normalized spacial score (nSPS) is 15.0. The quantitative estimate of drug-likeness (QED) is 0.728. The maximum atomic E-state index is 5.97. The van der Waals surface area contributed by atoms with E-state index in [2.05, 4.69) is 35.0 Å². The van der Waals surface area contributed by atoms with Gasteiger partial charge >= 0.3 is 0 Å². The van der Waals surface area contributed by atoms with Crippen molar-refractivity contribution in [2.24, 2.45) is 4.99 Å². The molecule has 1 heterocycles. The molecule has 0 amide bonds. The molecule has 2 nitrogen and oxygen atoms in total. The summed E-state index contributed by atoms with van der Waals surface area (Å²) in [7, 11) is 0. The van der Waals surface area contributed by atoms with Crippen LogP contribution in [0.5, 0.6) is 0 Å². The van der Waals surface area contributed by atoms with E-state index in [-0.39, 0.29) is 0 Å². The summed E-state index contributed by atoms with van der Waals surface area (Å²) < 4.78 is 0. The predicted octanol–water partition coefficient (Wildman–Crippen LogP) is 5.00. The zero-order chi connectivity index (χ0) is 14.7. The number of nitrogens with zero attached hydrogens (tertiary/aromatic N) is 2. The zero-order valence-corrected chi connectivity index (χ0v) is 13.0. The minimum atomic E-state index is 0.713. The second kappa shape index (κ2) is 6.31. The van der Waals surface area contributed by atoms with Crippen LogP contribution < -0.4 is 4.90 Å². The van der Waals surface area contributed by atoms with Gasteiger partial charge in [0, 0.05) is 30.0 Å². The highest BCUT2D eigenvalue weighted by atomic mass is 35.5. The van der Waals surface area contributed by atoms with Gasteiger partial charge in [0.25, 0.3) is 0 Å². The highest BCUT2D eigenvalue weighted by molar-refractivity contribution is 6.30. The molecular formula is C18H19ClN2. The van der Waals surface area contributed by atoms with Crippen LogP contribution in [0.25, 0.3) is 0 Å². The molecule has 1 aliphatic heterocycles. The monoisotopic (exact) mass is 298 g/mol. The largest absolute Gasteiger partial charge is 0.371 e. The molecule has 3 rings (SSSR count). The third-order valence-electron chi connectivity index (χ3n) is 3.84. The molecule has 0 N–H and O–H groups in total. The van der Waals surface area contributed by atoms with E-state index >= 15 is 0 Å². The van der Waals surface area contributed by atoms with E-state index in [1.807, 2.05) is 30.5 Å². The third kappa shape index (κ3) is 3.45. The van der Waals surface area contributed by atoms with Crippen molar-refractivity contribution in [3.63, 3.8) is 0 Å². The van der Waals surface area contributed by atoms with Crippen molar-refractivity contribution in [1.29, 1.82) is 0 Å². The lowest BCUT2D eigenvalue weighted by Gasteiger charge is -2.20. The first-order chi connectivity index (χ1) is 10.2. The van der Waals surface area contributed by atoms with Gasteiger partial charge in [-0.25, -0.2) is 0 Å². The first-order valence-electron chi connectivity index (χ1n) is 7.37. The second-order valence-corrected chi connectivity index (χ2v) is 5.91. The minimum absolute atomic E-state index is 0.713. The van der Waals surface area contributed by atoms with E-state index in [9.17, 15) is 0 Å². The molecule has 0 bridgehead atoms. The Kier molecular flexibility index (Phi) is 4.26. The molecule has 3 heteroatoms. The van der Waals surface area contributed by atoms with Crippen molar-refractivity contribution >= 4 is 29.2 Å². The van der Waals surface area contributed by atoms with E-state index < -0.39 is 0 Å². The van der Waals surface area contributed by atoms with Crippen LogP contribution in [0.4, 0.5) is 11.4 Å². The number of halogens is 1. The van der Waals surface area contributed by atoms with Gasteiger partial charge in [0.05, 0.1) is 5.69 Å². The Labute approximate surface area is 131 Å². The van der Waals surface area contributed by atoms with Crippen molar-refractivity contribution in [1.82, 2.24) is 0 Å². The fourth-order valence-corrected chi connectivity index (χ4v) is 2.96. The van der Waals surface area contributed by atoms with Crippen LogP contribution in [0, 0.1) is 6.92 Å². The molecule has 1 aliphatic rings. The highest BCUT2D eigenvalue weighted by Crippen LogP contribution is 2.25. The first-order valence-corrected chi connectivity index (χ1v) is 7.75. The van der Waals surface area contributed by atoms with Crippen LogP contribution in [0.2, 0.25) is 5.02 Å². The molecule has 0 radical (unpaired) electrons. The summed E-state index contributed by atoms with van der Waals surface area (Å²) in [6, 6.07) is 14.1. The molecule has 0 spiro atoms. The van der Waals surface area contributed by atoms with Crippen molar-refractivity contribution in [2.45, 2.75) is 19.8 Å². The molecule has 0 saturated carbocycles.